The Kier molecular flexibility index (Phi) is 4.43. The zero-order valence-electron chi connectivity index (χ0n) is 11.3. The molecule has 1 aromatic carbocycles. The van der Waals surface area contributed by atoms with E-state index in [0.717, 1.165) is 29.7 Å². The van der Waals surface area contributed by atoms with Crippen LogP contribution in [0.3, 0.4) is 0 Å². The lowest BCUT2D eigenvalue weighted by molar-refractivity contribution is -0.137. The van der Waals surface area contributed by atoms with Gasteiger partial charge in [-0.15, -0.1) is 0 Å². The first kappa shape index (κ1) is 13.9. The van der Waals surface area contributed by atoms with Crippen molar-refractivity contribution in [3.8, 4) is 5.75 Å². The summed E-state index contributed by atoms with van der Waals surface area (Å²) in [4.78, 5) is 10.8. The number of aryl methyl sites for hydroxylation is 1. The van der Waals surface area contributed by atoms with Gasteiger partial charge in [0.05, 0.1) is 12.5 Å². The van der Waals surface area contributed by atoms with Gasteiger partial charge in [-0.2, -0.15) is 0 Å². The molecule has 0 spiro atoms. The van der Waals surface area contributed by atoms with Crippen molar-refractivity contribution in [2.24, 2.45) is 5.73 Å². The van der Waals surface area contributed by atoms with E-state index in [1.807, 2.05) is 25.1 Å². The second-order valence-corrected chi connectivity index (χ2v) is 5.22. The number of carboxylic acid groups (broad SMARTS) is 1. The van der Waals surface area contributed by atoms with E-state index in [9.17, 15) is 4.79 Å². The van der Waals surface area contributed by atoms with Crippen LogP contribution in [0.1, 0.15) is 49.3 Å². The normalized spacial score (nSPS) is 17.4. The number of carbonyl (C=O) groups is 1. The molecule has 0 bridgehead atoms. The van der Waals surface area contributed by atoms with E-state index >= 15 is 0 Å². The molecule has 0 radical (unpaired) electrons. The van der Waals surface area contributed by atoms with Gasteiger partial charge in [0, 0.05) is 11.6 Å². The van der Waals surface area contributed by atoms with Crippen LogP contribution in [-0.4, -0.2) is 17.2 Å². The molecule has 1 unspecified atom stereocenters. The number of hydrogen-bond donors (Lipinski definition) is 2. The lowest BCUT2D eigenvalue weighted by Gasteiger charge is -2.21. The van der Waals surface area contributed by atoms with Gasteiger partial charge in [-0.05, 0) is 44.2 Å². The Balaban J connectivity index is 2.21. The molecule has 1 fully saturated rings. The third kappa shape index (κ3) is 3.47. The van der Waals surface area contributed by atoms with Crippen LogP contribution >= 0.6 is 0 Å². The van der Waals surface area contributed by atoms with Gasteiger partial charge in [0.1, 0.15) is 5.75 Å². The van der Waals surface area contributed by atoms with Gasteiger partial charge in [-0.25, -0.2) is 0 Å². The lowest BCUT2D eigenvalue weighted by Crippen LogP contribution is -2.19. The molecule has 0 saturated heterocycles. The van der Waals surface area contributed by atoms with E-state index < -0.39 is 12.0 Å². The highest BCUT2D eigenvalue weighted by Crippen LogP contribution is 2.32. The fourth-order valence-corrected chi connectivity index (χ4v) is 2.71. The van der Waals surface area contributed by atoms with E-state index in [0.29, 0.717) is 0 Å². The van der Waals surface area contributed by atoms with Crippen molar-refractivity contribution in [3.63, 3.8) is 0 Å². The number of nitrogens with two attached hydrogens (primary N) is 1. The summed E-state index contributed by atoms with van der Waals surface area (Å²) >= 11 is 0. The molecule has 1 aliphatic rings. The monoisotopic (exact) mass is 263 g/mol. The zero-order chi connectivity index (χ0) is 13.8. The average molecular weight is 263 g/mol. The van der Waals surface area contributed by atoms with Crippen LogP contribution in [0.5, 0.6) is 5.75 Å². The van der Waals surface area contributed by atoms with Crippen LogP contribution in [0.4, 0.5) is 0 Å². The van der Waals surface area contributed by atoms with Crippen LogP contribution in [-0.2, 0) is 4.79 Å². The SMILES string of the molecule is Cc1cccc(OC2CCCC2)c1C(N)CC(=O)O. The fraction of sp³-hybridized carbons (Fsp3) is 0.533. The van der Waals surface area contributed by atoms with E-state index in [-0.39, 0.29) is 12.5 Å². The molecule has 0 amide bonds. The summed E-state index contributed by atoms with van der Waals surface area (Å²) in [5, 5.41) is 8.89. The van der Waals surface area contributed by atoms with Crippen molar-refractivity contribution in [2.45, 2.75) is 51.2 Å². The molecule has 4 heteroatoms. The first-order valence-corrected chi connectivity index (χ1v) is 6.81. The second kappa shape index (κ2) is 6.06. The number of benzene rings is 1. The Morgan fingerprint density at radius 3 is 2.79 bits per heavy atom. The summed E-state index contributed by atoms with van der Waals surface area (Å²) in [6, 6.07) is 5.24. The maximum absolute atomic E-state index is 10.8. The molecule has 2 rings (SSSR count). The predicted octanol–water partition coefficient (Wildman–Crippen LogP) is 2.79. The third-order valence-corrected chi connectivity index (χ3v) is 3.65. The number of rotatable bonds is 5. The predicted molar refractivity (Wildman–Crippen MR) is 73.2 cm³/mol. The summed E-state index contributed by atoms with van der Waals surface area (Å²) < 4.78 is 6.02. The first-order chi connectivity index (χ1) is 9.08. The van der Waals surface area contributed by atoms with Gasteiger partial charge in [0.25, 0.3) is 0 Å². The van der Waals surface area contributed by atoms with Gasteiger partial charge in [-0.1, -0.05) is 12.1 Å². The number of carboxylic acids is 1. The van der Waals surface area contributed by atoms with Gasteiger partial charge < -0.3 is 15.6 Å². The largest absolute Gasteiger partial charge is 0.490 e. The molecule has 1 saturated carbocycles. The number of hydrogen-bond acceptors (Lipinski definition) is 3. The summed E-state index contributed by atoms with van der Waals surface area (Å²) in [5.41, 5.74) is 7.83. The molecule has 1 aromatic rings. The van der Waals surface area contributed by atoms with Crippen LogP contribution in [0.15, 0.2) is 18.2 Å². The number of aliphatic carboxylic acids is 1. The second-order valence-electron chi connectivity index (χ2n) is 5.22. The van der Waals surface area contributed by atoms with E-state index in [4.69, 9.17) is 15.6 Å². The standard InChI is InChI=1S/C15H21NO3/c1-10-5-4-8-13(19-11-6-2-3-7-11)15(10)12(16)9-14(17)18/h4-5,8,11-12H,2-3,6-7,9,16H2,1H3,(H,17,18). The molecule has 0 aliphatic heterocycles. The van der Waals surface area contributed by atoms with Crippen LogP contribution in [0.2, 0.25) is 0 Å². The van der Waals surface area contributed by atoms with Crippen molar-refractivity contribution >= 4 is 5.97 Å². The molecule has 0 heterocycles. The molecule has 0 aromatic heterocycles. The Morgan fingerprint density at radius 2 is 2.16 bits per heavy atom. The van der Waals surface area contributed by atoms with E-state index in [2.05, 4.69) is 0 Å². The summed E-state index contributed by atoms with van der Waals surface area (Å²) in [6.45, 7) is 1.94. The third-order valence-electron chi connectivity index (χ3n) is 3.65. The smallest absolute Gasteiger partial charge is 0.305 e. The number of ether oxygens (including phenoxy) is 1. The molecular formula is C15H21NO3. The quantitative estimate of drug-likeness (QED) is 0.856. The highest BCUT2D eigenvalue weighted by molar-refractivity contribution is 5.68. The van der Waals surface area contributed by atoms with Gasteiger partial charge in [0.2, 0.25) is 0 Å². The van der Waals surface area contributed by atoms with Crippen molar-refractivity contribution < 1.29 is 14.6 Å². The van der Waals surface area contributed by atoms with Gasteiger partial charge >= 0.3 is 5.97 Å². The molecule has 1 atom stereocenters. The molecule has 4 nitrogen and oxygen atoms in total. The molecular weight excluding hydrogens is 242 g/mol. The van der Waals surface area contributed by atoms with Gasteiger partial charge in [-0.3, -0.25) is 4.79 Å². The Bertz CT molecular complexity index is 453. The Labute approximate surface area is 113 Å². The van der Waals surface area contributed by atoms with Crippen molar-refractivity contribution in [2.75, 3.05) is 0 Å². The van der Waals surface area contributed by atoms with Crippen molar-refractivity contribution in [1.82, 2.24) is 0 Å². The minimum absolute atomic E-state index is 0.0775. The fourth-order valence-electron chi connectivity index (χ4n) is 2.71. The van der Waals surface area contributed by atoms with E-state index in [1.165, 1.54) is 12.8 Å². The van der Waals surface area contributed by atoms with Crippen LogP contribution in [0, 0.1) is 6.92 Å². The topological polar surface area (TPSA) is 72.5 Å². The highest BCUT2D eigenvalue weighted by Gasteiger charge is 2.22. The maximum Gasteiger partial charge on any atom is 0.305 e. The average Bonchev–Trinajstić information content (AvgIpc) is 2.80. The molecule has 3 N–H and O–H groups in total. The first-order valence-electron chi connectivity index (χ1n) is 6.81. The summed E-state index contributed by atoms with van der Waals surface area (Å²) in [7, 11) is 0. The Hall–Kier alpha value is -1.55. The van der Waals surface area contributed by atoms with Gasteiger partial charge in [0.15, 0.2) is 0 Å². The molecule has 19 heavy (non-hydrogen) atoms. The minimum atomic E-state index is -0.887. The van der Waals surface area contributed by atoms with E-state index in [1.54, 1.807) is 0 Å². The molecule has 1 aliphatic carbocycles. The molecule has 104 valence electrons. The minimum Gasteiger partial charge on any atom is -0.490 e. The van der Waals surface area contributed by atoms with Crippen LogP contribution in [0.25, 0.3) is 0 Å². The summed E-state index contributed by atoms with van der Waals surface area (Å²) in [6.07, 6.45) is 4.71. The highest BCUT2D eigenvalue weighted by atomic mass is 16.5. The van der Waals surface area contributed by atoms with Crippen molar-refractivity contribution in [1.29, 1.82) is 0 Å². The van der Waals surface area contributed by atoms with Crippen LogP contribution < -0.4 is 10.5 Å². The Morgan fingerprint density at radius 1 is 1.47 bits per heavy atom. The maximum atomic E-state index is 10.8. The lowest BCUT2D eigenvalue weighted by atomic mass is 9.98. The zero-order valence-corrected chi connectivity index (χ0v) is 11.3. The van der Waals surface area contributed by atoms with Crippen molar-refractivity contribution in [3.05, 3.63) is 29.3 Å². The summed E-state index contributed by atoms with van der Waals surface area (Å²) in [5.74, 6) is -0.136.